The molecule has 72 valence electrons. The molecule has 1 rings (SSSR count). The van der Waals surface area contributed by atoms with Gasteiger partial charge in [-0.25, -0.2) is 0 Å². The molecular weight excluding hydrogens is 150 g/mol. The van der Waals surface area contributed by atoms with Crippen LogP contribution in [0.4, 0.5) is 0 Å². The van der Waals surface area contributed by atoms with E-state index in [0.29, 0.717) is 0 Å². The highest BCUT2D eigenvalue weighted by molar-refractivity contribution is 4.81. The van der Waals surface area contributed by atoms with Crippen LogP contribution in [0.1, 0.15) is 33.1 Å². The smallest absolute Gasteiger partial charge is 0.0590 e. The zero-order chi connectivity index (χ0) is 8.81. The topological polar surface area (TPSA) is 21.3 Å². The zero-order valence-corrected chi connectivity index (χ0v) is 8.31. The molecule has 1 N–H and O–H groups in total. The minimum atomic E-state index is 0.783. The highest BCUT2D eigenvalue weighted by atomic mass is 16.5. The summed E-state index contributed by atoms with van der Waals surface area (Å²) < 4.78 is 5.37. The van der Waals surface area contributed by atoms with Crippen molar-refractivity contribution in [3.8, 4) is 0 Å². The zero-order valence-electron chi connectivity index (χ0n) is 8.31. The minimum absolute atomic E-state index is 0.783. The molecule has 1 aliphatic rings. The molecule has 0 bridgehead atoms. The fourth-order valence-electron chi connectivity index (χ4n) is 1.65. The molecule has 0 radical (unpaired) electrons. The van der Waals surface area contributed by atoms with Crippen LogP contribution in [-0.4, -0.2) is 25.8 Å². The van der Waals surface area contributed by atoms with Gasteiger partial charge in [-0.15, -0.1) is 0 Å². The molecule has 12 heavy (non-hydrogen) atoms. The summed E-state index contributed by atoms with van der Waals surface area (Å²) in [5.74, 6) is 0.944. The molecule has 0 aromatic carbocycles. The summed E-state index contributed by atoms with van der Waals surface area (Å²) in [7, 11) is 0. The van der Waals surface area contributed by atoms with Crippen LogP contribution in [0.3, 0.4) is 0 Å². The highest BCUT2D eigenvalue weighted by Gasteiger charge is 2.23. The Morgan fingerprint density at radius 3 is 2.67 bits per heavy atom. The van der Waals surface area contributed by atoms with E-state index in [1.807, 2.05) is 0 Å². The Labute approximate surface area is 75.7 Å². The van der Waals surface area contributed by atoms with E-state index in [2.05, 4.69) is 19.2 Å². The Morgan fingerprint density at radius 2 is 2.08 bits per heavy atom. The Bertz CT molecular complexity index is 110. The van der Waals surface area contributed by atoms with Crippen molar-refractivity contribution in [2.75, 3.05) is 19.8 Å². The van der Waals surface area contributed by atoms with Gasteiger partial charge in [0.05, 0.1) is 6.61 Å². The van der Waals surface area contributed by atoms with E-state index in [-0.39, 0.29) is 0 Å². The first kappa shape index (κ1) is 10.0. The first-order valence-electron chi connectivity index (χ1n) is 5.14. The second-order valence-corrected chi connectivity index (χ2v) is 3.84. The van der Waals surface area contributed by atoms with Gasteiger partial charge in [0.2, 0.25) is 0 Å². The van der Waals surface area contributed by atoms with Crippen LogP contribution in [0.15, 0.2) is 0 Å². The molecule has 2 nitrogen and oxygen atoms in total. The quantitative estimate of drug-likeness (QED) is 0.615. The maximum Gasteiger partial charge on any atom is 0.0590 e. The Hall–Kier alpha value is -0.0800. The number of hydrogen-bond donors (Lipinski definition) is 1. The van der Waals surface area contributed by atoms with Crippen LogP contribution < -0.4 is 5.32 Å². The van der Waals surface area contributed by atoms with Crippen LogP contribution >= 0.6 is 0 Å². The molecule has 0 aromatic heterocycles. The molecule has 0 aliphatic heterocycles. The predicted octanol–water partition coefficient (Wildman–Crippen LogP) is 1.80. The van der Waals surface area contributed by atoms with Crippen LogP contribution in [-0.2, 0) is 4.74 Å². The summed E-state index contributed by atoms with van der Waals surface area (Å²) >= 11 is 0. The Balaban J connectivity index is 1.77. The lowest BCUT2D eigenvalue weighted by Gasteiger charge is -2.33. The van der Waals surface area contributed by atoms with Gasteiger partial charge in [0.15, 0.2) is 0 Å². The van der Waals surface area contributed by atoms with Crippen molar-refractivity contribution in [1.29, 1.82) is 0 Å². The maximum atomic E-state index is 5.37. The van der Waals surface area contributed by atoms with Gasteiger partial charge in [-0.3, -0.25) is 0 Å². The van der Waals surface area contributed by atoms with Crippen molar-refractivity contribution in [3.63, 3.8) is 0 Å². The first-order chi connectivity index (χ1) is 5.83. The standard InChI is InChI=1S/C10H21NO/c1-3-5-12-6-4-11-10-7-9(2)8-10/h9-11H,3-8H2,1-2H3. The third kappa shape index (κ3) is 3.55. The third-order valence-corrected chi connectivity index (χ3v) is 2.40. The van der Waals surface area contributed by atoms with Gasteiger partial charge in [0.1, 0.15) is 0 Å². The summed E-state index contributed by atoms with van der Waals surface area (Å²) in [4.78, 5) is 0. The van der Waals surface area contributed by atoms with E-state index >= 15 is 0 Å². The van der Waals surface area contributed by atoms with Gasteiger partial charge in [-0.1, -0.05) is 13.8 Å². The predicted molar refractivity (Wildman–Crippen MR) is 51.3 cm³/mol. The Morgan fingerprint density at radius 1 is 1.33 bits per heavy atom. The van der Waals surface area contributed by atoms with Crippen LogP contribution in [0.2, 0.25) is 0 Å². The summed E-state index contributed by atoms with van der Waals surface area (Å²) in [6.07, 6.45) is 3.84. The molecule has 0 unspecified atom stereocenters. The minimum Gasteiger partial charge on any atom is -0.380 e. The SMILES string of the molecule is CCCOCCNC1CC(C)C1. The number of rotatable bonds is 6. The van der Waals surface area contributed by atoms with Crippen LogP contribution in [0, 0.1) is 5.92 Å². The number of ether oxygens (including phenoxy) is 1. The molecule has 1 saturated carbocycles. The molecule has 0 heterocycles. The van der Waals surface area contributed by atoms with Crippen molar-refractivity contribution >= 4 is 0 Å². The third-order valence-electron chi connectivity index (χ3n) is 2.40. The number of nitrogens with one attached hydrogen (secondary N) is 1. The monoisotopic (exact) mass is 171 g/mol. The molecule has 0 amide bonds. The summed E-state index contributed by atoms with van der Waals surface area (Å²) in [6, 6.07) is 0.783. The van der Waals surface area contributed by atoms with Crippen molar-refractivity contribution in [1.82, 2.24) is 5.32 Å². The normalized spacial score (nSPS) is 28.5. The van der Waals surface area contributed by atoms with Gasteiger partial charge < -0.3 is 10.1 Å². The van der Waals surface area contributed by atoms with Crippen LogP contribution in [0.25, 0.3) is 0 Å². The summed E-state index contributed by atoms with van der Waals surface area (Å²) in [5.41, 5.74) is 0. The van der Waals surface area contributed by atoms with Gasteiger partial charge in [-0.05, 0) is 25.2 Å². The van der Waals surface area contributed by atoms with E-state index in [0.717, 1.165) is 38.1 Å². The average molecular weight is 171 g/mol. The molecule has 1 aliphatic carbocycles. The largest absolute Gasteiger partial charge is 0.380 e. The fourth-order valence-corrected chi connectivity index (χ4v) is 1.65. The van der Waals surface area contributed by atoms with Crippen LogP contribution in [0.5, 0.6) is 0 Å². The molecule has 0 aromatic rings. The average Bonchev–Trinajstić information content (AvgIpc) is 2.00. The first-order valence-corrected chi connectivity index (χ1v) is 5.14. The van der Waals surface area contributed by atoms with E-state index in [1.54, 1.807) is 0 Å². The molecular formula is C10H21NO. The second kappa shape index (κ2) is 5.55. The van der Waals surface area contributed by atoms with Gasteiger partial charge in [-0.2, -0.15) is 0 Å². The van der Waals surface area contributed by atoms with E-state index in [9.17, 15) is 0 Å². The fraction of sp³-hybridized carbons (Fsp3) is 1.00. The van der Waals surface area contributed by atoms with Crippen molar-refractivity contribution < 1.29 is 4.74 Å². The summed E-state index contributed by atoms with van der Waals surface area (Å²) in [5, 5.41) is 3.48. The van der Waals surface area contributed by atoms with Gasteiger partial charge in [0.25, 0.3) is 0 Å². The highest BCUT2D eigenvalue weighted by Crippen LogP contribution is 2.25. The van der Waals surface area contributed by atoms with E-state index in [1.165, 1.54) is 12.8 Å². The second-order valence-electron chi connectivity index (χ2n) is 3.84. The maximum absolute atomic E-state index is 5.37. The molecule has 2 heteroatoms. The van der Waals surface area contributed by atoms with Crippen molar-refractivity contribution in [2.45, 2.75) is 39.2 Å². The van der Waals surface area contributed by atoms with Gasteiger partial charge in [0, 0.05) is 19.2 Å². The van der Waals surface area contributed by atoms with Gasteiger partial charge >= 0.3 is 0 Å². The lowest BCUT2D eigenvalue weighted by molar-refractivity contribution is 0.126. The van der Waals surface area contributed by atoms with Crippen molar-refractivity contribution in [3.05, 3.63) is 0 Å². The number of hydrogen-bond acceptors (Lipinski definition) is 2. The molecule has 0 spiro atoms. The lowest BCUT2D eigenvalue weighted by Crippen LogP contribution is -2.41. The van der Waals surface area contributed by atoms with Crippen molar-refractivity contribution in [2.24, 2.45) is 5.92 Å². The Kier molecular flexibility index (Phi) is 4.62. The molecule has 0 atom stereocenters. The molecule has 0 saturated heterocycles. The summed E-state index contributed by atoms with van der Waals surface area (Å²) in [6.45, 7) is 7.26. The molecule has 1 fully saturated rings. The lowest BCUT2D eigenvalue weighted by atomic mass is 9.82. The van der Waals surface area contributed by atoms with E-state index in [4.69, 9.17) is 4.74 Å². The van der Waals surface area contributed by atoms with E-state index < -0.39 is 0 Å².